The largest absolute Gasteiger partial charge is 0.368 e. The lowest BCUT2D eigenvalue weighted by Gasteiger charge is -2.35. The second kappa shape index (κ2) is 5.59. The van der Waals surface area contributed by atoms with Gasteiger partial charge in [-0.3, -0.25) is 0 Å². The van der Waals surface area contributed by atoms with Crippen molar-refractivity contribution in [3.05, 3.63) is 64.3 Å². The number of hydrogen-bond acceptors (Lipinski definition) is 2. The van der Waals surface area contributed by atoms with Gasteiger partial charge >= 0.3 is 0 Å². The molecule has 1 unspecified atom stereocenters. The average molecular weight is 327 g/mol. The van der Waals surface area contributed by atoms with E-state index < -0.39 is 6.23 Å². The number of benzene rings is 2. The van der Waals surface area contributed by atoms with Crippen LogP contribution in [0.4, 0.5) is 5.69 Å². The molecule has 1 aliphatic heterocycles. The Kier molecular flexibility index (Phi) is 3.55. The number of fused-ring (bicyclic) bond motifs is 2. The first-order chi connectivity index (χ1) is 11.1. The molecule has 4 heteroatoms. The quantitative estimate of drug-likeness (QED) is 0.724. The van der Waals surface area contributed by atoms with E-state index in [1.54, 1.807) is 0 Å². The number of halogens is 1. The van der Waals surface area contributed by atoms with E-state index in [1.165, 1.54) is 11.1 Å². The highest BCUT2D eigenvalue weighted by atomic mass is 35.5. The van der Waals surface area contributed by atoms with Gasteiger partial charge in [0.25, 0.3) is 0 Å². The van der Waals surface area contributed by atoms with Gasteiger partial charge in [0, 0.05) is 23.1 Å². The van der Waals surface area contributed by atoms with Crippen molar-refractivity contribution in [3.8, 4) is 0 Å². The SMILES string of the molecule is Cc1ccc2c(c1)CCCN2C(O)c1[nH]c2ccccc2c1Cl. The second-order valence-corrected chi connectivity index (χ2v) is 6.58. The number of hydrogen-bond donors (Lipinski definition) is 2. The fraction of sp³-hybridized carbons (Fsp3) is 0.263. The van der Waals surface area contributed by atoms with Crippen molar-refractivity contribution in [1.29, 1.82) is 0 Å². The van der Waals surface area contributed by atoms with Crippen molar-refractivity contribution in [2.45, 2.75) is 26.0 Å². The van der Waals surface area contributed by atoms with E-state index in [2.05, 4.69) is 30.1 Å². The van der Waals surface area contributed by atoms with Crippen molar-refractivity contribution < 1.29 is 5.11 Å². The number of aryl methyl sites for hydroxylation is 2. The van der Waals surface area contributed by atoms with Crippen LogP contribution >= 0.6 is 11.6 Å². The summed E-state index contributed by atoms with van der Waals surface area (Å²) in [6.07, 6.45) is 1.32. The Morgan fingerprint density at radius 2 is 2.04 bits per heavy atom. The fourth-order valence-electron chi connectivity index (χ4n) is 3.47. The molecule has 1 atom stereocenters. The Morgan fingerprint density at radius 1 is 1.22 bits per heavy atom. The van der Waals surface area contributed by atoms with Crippen LogP contribution in [0.5, 0.6) is 0 Å². The molecule has 0 fully saturated rings. The standard InChI is InChI=1S/C19H19ClN2O/c1-12-8-9-16-13(11-12)5-4-10-22(16)19(23)18-17(20)14-6-2-3-7-15(14)21-18/h2-3,6-9,11,19,21,23H,4-5,10H2,1H3. The summed E-state index contributed by atoms with van der Waals surface area (Å²) >= 11 is 6.51. The van der Waals surface area contributed by atoms with Crippen LogP contribution in [-0.2, 0) is 6.42 Å². The van der Waals surface area contributed by atoms with Crippen molar-refractivity contribution in [2.24, 2.45) is 0 Å². The molecule has 0 saturated heterocycles. The predicted molar refractivity (Wildman–Crippen MR) is 95.1 cm³/mol. The van der Waals surface area contributed by atoms with E-state index in [0.717, 1.165) is 36.0 Å². The topological polar surface area (TPSA) is 39.3 Å². The average Bonchev–Trinajstić information content (AvgIpc) is 2.91. The van der Waals surface area contributed by atoms with Crippen LogP contribution in [0.1, 0.15) is 29.5 Å². The van der Waals surface area contributed by atoms with Gasteiger partial charge in [-0.05, 0) is 37.5 Å². The molecule has 118 valence electrons. The number of aromatic nitrogens is 1. The molecule has 1 aromatic heterocycles. The van der Waals surface area contributed by atoms with Gasteiger partial charge in [-0.2, -0.15) is 0 Å². The van der Waals surface area contributed by atoms with Crippen molar-refractivity contribution >= 4 is 28.2 Å². The van der Waals surface area contributed by atoms with Gasteiger partial charge in [0.2, 0.25) is 0 Å². The van der Waals surface area contributed by atoms with E-state index in [0.29, 0.717) is 10.7 Å². The molecule has 0 saturated carbocycles. The number of H-pyrrole nitrogens is 1. The van der Waals surface area contributed by atoms with Gasteiger partial charge in [-0.1, -0.05) is 47.5 Å². The zero-order valence-corrected chi connectivity index (χ0v) is 13.8. The lowest BCUT2D eigenvalue weighted by Crippen LogP contribution is -2.33. The minimum absolute atomic E-state index is 0.604. The maximum atomic E-state index is 11.0. The molecule has 4 rings (SSSR count). The summed E-state index contributed by atoms with van der Waals surface area (Å²) in [6, 6.07) is 14.3. The summed E-state index contributed by atoms with van der Waals surface area (Å²) in [7, 11) is 0. The first-order valence-corrected chi connectivity index (χ1v) is 8.33. The first-order valence-electron chi connectivity index (χ1n) is 7.95. The van der Waals surface area contributed by atoms with Crippen LogP contribution in [0.3, 0.4) is 0 Å². The number of anilines is 1. The Hall–Kier alpha value is -1.97. The summed E-state index contributed by atoms with van der Waals surface area (Å²) < 4.78 is 0. The predicted octanol–water partition coefficient (Wildman–Crippen LogP) is 4.57. The lowest BCUT2D eigenvalue weighted by atomic mass is 9.99. The zero-order valence-electron chi connectivity index (χ0n) is 13.0. The summed E-state index contributed by atoms with van der Waals surface area (Å²) in [5.41, 5.74) is 5.27. The monoisotopic (exact) mass is 326 g/mol. The Balaban J connectivity index is 1.77. The summed E-state index contributed by atoms with van der Waals surface area (Å²) in [5, 5.41) is 12.5. The molecule has 23 heavy (non-hydrogen) atoms. The van der Waals surface area contributed by atoms with Crippen LogP contribution < -0.4 is 4.90 Å². The maximum Gasteiger partial charge on any atom is 0.169 e. The van der Waals surface area contributed by atoms with Gasteiger partial charge < -0.3 is 15.0 Å². The Labute approximate surface area is 140 Å². The first kappa shape index (κ1) is 14.6. The van der Waals surface area contributed by atoms with E-state index in [1.807, 2.05) is 29.2 Å². The Morgan fingerprint density at radius 3 is 2.87 bits per heavy atom. The highest BCUT2D eigenvalue weighted by Crippen LogP contribution is 2.37. The minimum Gasteiger partial charge on any atom is -0.368 e. The Bertz CT molecular complexity index is 871. The lowest BCUT2D eigenvalue weighted by molar-refractivity contribution is 0.165. The van der Waals surface area contributed by atoms with Crippen LogP contribution in [0.25, 0.3) is 10.9 Å². The number of rotatable bonds is 2. The number of nitrogens with zero attached hydrogens (tertiary/aromatic N) is 1. The van der Waals surface area contributed by atoms with Crippen LogP contribution in [0, 0.1) is 6.92 Å². The molecule has 2 aromatic carbocycles. The second-order valence-electron chi connectivity index (χ2n) is 6.20. The van der Waals surface area contributed by atoms with Crippen molar-refractivity contribution in [3.63, 3.8) is 0 Å². The smallest absolute Gasteiger partial charge is 0.169 e. The summed E-state index contributed by atoms with van der Waals surface area (Å²) in [6.45, 7) is 2.92. The van der Waals surface area contributed by atoms with Gasteiger partial charge in [0.15, 0.2) is 6.23 Å². The van der Waals surface area contributed by atoms with Gasteiger partial charge in [-0.15, -0.1) is 0 Å². The molecule has 0 radical (unpaired) electrons. The number of aromatic amines is 1. The highest BCUT2D eigenvalue weighted by molar-refractivity contribution is 6.36. The third kappa shape index (κ3) is 2.41. The van der Waals surface area contributed by atoms with Gasteiger partial charge in [0.1, 0.15) is 0 Å². The van der Waals surface area contributed by atoms with E-state index in [4.69, 9.17) is 11.6 Å². The van der Waals surface area contributed by atoms with Crippen LogP contribution in [0.15, 0.2) is 42.5 Å². The minimum atomic E-state index is -0.767. The molecule has 2 N–H and O–H groups in total. The number of para-hydroxylation sites is 1. The van der Waals surface area contributed by atoms with Gasteiger partial charge in [-0.25, -0.2) is 0 Å². The number of nitrogens with one attached hydrogen (secondary N) is 1. The van der Waals surface area contributed by atoms with Crippen molar-refractivity contribution in [1.82, 2.24) is 4.98 Å². The molecule has 1 aliphatic rings. The van der Waals surface area contributed by atoms with E-state index in [9.17, 15) is 5.11 Å². The molecule has 0 spiro atoms. The number of aliphatic hydroxyl groups is 1. The van der Waals surface area contributed by atoms with Crippen LogP contribution in [-0.4, -0.2) is 16.6 Å². The molecular weight excluding hydrogens is 308 g/mol. The molecule has 3 nitrogen and oxygen atoms in total. The highest BCUT2D eigenvalue weighted by Gasteiger charge is 2.27. The molecule has 0 amide bonds. The number of aliphatic hydroxyl groups excluding tert-OH is 1. The maximum absolute atomic E-state index is 11.0. The summed E-state index contributed by atoms with van der Waals surface area (Å²) in [5.74, 6) is 0. The third-order valence-corrected chi connectivity index (χ3v) is 5.02. The normalized spacial score (nSPS) is 15.7. The molecule has 0 aliphatic carbocycles. The molecule has 2 heterocycles. The van der Waals surface area contributed by atoms with E-state index in [-0.39, 0.29) is 0 Å². The van der Waals surface area contributed by atoms with Crippen LogP contribution in [0.2, 0.25) is 5.02 Å². The molecular formula is C19H19ClN2O. The summed E-state index contributed by atoms with van der Waals surface area (Å²) in [4.78, 5) is 5.32. The van der Waals surface area contributed by atoms with Crippen molar-refractivity contribution in [2.75, 3.05) is 11.4 Å². The van der Waals surface area contributed by atoms with E-state index >= 15 is 0 Å². The zero-order chi connectivity index (χ0) is 16.0. The fourth-order valence-corrected chi connectivity index (χ4v) is 3.78. The molecule has 3 aromatic rings. The van der Waals surface area contributed by atoms with Gasteiger partial charge in [0.05, 0.1) is 10.7 Å². The molecule has 0 bridgehead atoms. The third-order valence-electron chi connectivity index (χ3n) is 4.61.